The average molecular weight is 315 g/mol. The molecule has 0 atom stereocenters. The normalized spacial score (nSPS) is 13.2. The third-order valence-electron chi connectivity index (χ3n) is 3.23. The molecule has 23 heavy (non-hydrogen) atoms. The summed E-state index contributed by atoms with van der Waals surface area (Å²) in [5.74, 6) is -2.76. The van der Waals surface area contributed by atoms with Gasteiger partial charge in [-0.1, -0.05) is 30.3 Å². The maximum absolute atomic E-state index is 11.1. The number of hydrogen-bond donors (Lipinski definition) is 3. The summed E-state index contributed by atoms with van der Waals surface area (Å²) in [5, 5.41) is 21.3. The minimum absolute atomic E-state index is 0.148. The molecule has 0 aliphatic carbocycles. The molecule has 1 aliphatic rings. The summed E-state index contributed by atoms with van der Waals surface area (Å²) >= 11 is 0. The number of benzene rings is 2. The highest BCUT2D eigenvalue weighted by Crippen LogP contribution is 2.22. The van der Waals surface area contributed by atoms with Crippen LogP contribution in [0, 0.1) is 0 Å². The van der Waals surface area contributed by atoms with Gasteiger partial charge in [0.1, 0.15) is 0 Å². The Bertz CT molecular complexity index is 797. The molecular formula is C16H13NO6. The van der Waals surface area contributed by atoms with Gasteiger partial charge >= 0.3 is 11.9 Å². The summed E-state index contributed by atoms with van der Waals surface area (Å²) in [6.07, 6.45) is 0.748. The summed E-state index contributed by atoms with van der Waals surface area (Å²) in [6.45, 7) is 0. The molecule has 7 heteroatoms. The third kappa shape index (κ3) is 3.70. The van der Waals surface area contributed by atoms with E-state index in [-0.39, 0.29) is 22.9 Å². The zero-order valence-corrected chi connectivity index (χ0v) is 11.9. The van der Waals surface area contributed by atoms with Crippen LogP contribution in [0.2, 0.25) is 0 Å². The molecule has 3 N–H and O–H groups in total. The van der Waals surface area contributed by atoms with E-state index < -0.39 is 11.9 Å². The first-order valence-corrected chi connectivity index (χ1v) is 6.71. The molecule has 1 aliphatic heterocycles. The Morgan fingerprint density at radius 3 is 1.96 bits per heavy atom. The number of fused-ring (bicyclic) bond motifs is 1. The predicted molar refractivity (Wildman–Crippen MR) is 80.3 cm³/mol. The SMILES string of the molecule is O=C(O)c1ccc2ccccc2c1C(=O)O.O=C1CCC(=O)N1. The van der Waals surface area contributed by atoms with Gasteiger partial charge < -0.3 is 10.2 Å². The van der Waals surface area contributed by atoms with E-state index in [9.17, 15) is 19.2 Å². The van der Waals surface area contributed by atoms with E-state index >= 15 is 0 Å². The number of hydrogen-bond acceptors (Lipinski definition) is 4. The predicted octanol–water partition coefficient (Wildman–Crippen LogP) is 1.66. The van der Waals surface area contributed by atoms with Crippen molar-refractivity contribution < 1.29 is 29.4 Å². The first-order valence-electron chi connectivity index (χ1n) is 6.71. The molecule has 1 fully saturated rings. The topological polar surface area (TPSA) is 121 Å². The standard InChI is InChI=1S/C12H8O4.C4H5NO2/c13-11(14)9-6-5-7-3-1-2-4-8(7)10(9)12(15)16;6-3-1-2-4(7)5-3/h1-6H,(H,13,14)(H,15,16);1-2H2,(H,5,6,7). The van der Waals surface area contributed by atoms with Gasteiger partial charge in [-0.05, 0) is 16.8 Å². The van der Waals surface area contributed by atoms with E-state index in [2.05, 4.69) is 5.32 Å². The first-order chi connectivity index (χ1) is 10.9. The molecule has 1 heterocycles. The average Bonchev–Trinajstić information content (AvgIpc) is 2.89. The molecule has 1 saturated heterocycles. The summed E-state index contributed by atoms with van der Waals surface area (Å²) in [5.41, 5.74) is -0.350. The maximum Gasteiger partial charge on any atom is 0.337 e. The van der Waals surface area contributed by atoms with Gasteiger partial charge in [0.15, 0.2) is 0 Å². The molecule has 0 unspecified atom stereocenters. The van der Waals surface area contributed by atoms with Crippen LogP contribution in [0.5, 0.6) is 0 Å². The van der Waals surface area contributed by atoms with Gasteiger partial charge in [0, 0.05) is 12.8 Å². The molecule has 2 aromatic carbocycles. The molecule has 0 aromatic heterocycles. The molecule has 0 bridgehead atoms. The van der Waals surface area contributed by atoms with E-state index in [0.717, 1.165) is 0 Å². The van der Waals surface area contributed by atoms with Crippen molar-refractivity contribution in [2.75, 3.05) is 0 Å². The molecule has 118 valence electrons. The van der Waals surface area contributed by atoms with Crippen LogP contribution in [0.1, 0.15) is 33.6 Å². The molecular weight excluding hydrogens is 302 g/mol. The Morgan fingerprint density at radius 2 is 1.48 bits per heavy atom. The van der Waals surface area contributed by atoms with Crippen LogP contribution >= 0.6 is 0 Å². The zero-order chi connectivity index (χ0) is 17.0. The van der Waals surface area contributed by atoms with E-state index in [1.807, 2.05) is 0 Å². The van der Waals surface area contributed by atoms with Crippen LogP contribution in [0.4, 0.5) is 0 Å². The highest BCUT2D eigenvalue weighted by molar-refractivity contribution is 6.11. The lowest BCUT2D eigenvalue weighted by Crippen LogP contribution is -2.18. The number of imide groups is 1. The van der Waals surface area contributed by atoms with Crippen LogP contribution in [-0.2, 0) is 9.59 Å². The second-order valence-corrected chi connectivity index (χ2v) is 4.79. The molecule has 2 amide bonds. The number of amides is 2. The summed E-state index contributed by atoms with van der Waals surface area (Å²) < 4.78 is 0. The van der Waals surface area contributed by atoms with Crippen molar-refractivity contribution in [3.8, 4) is 0 Å². The molecule has 2 aromatic rings. The second kappa shape index (κ2) is 6.69. The monoisotopic (exact) mass is 315 g/mol. The van der Waals surface area contributed by atoms with Gasteiger partial charge in [0.2, 0.25) is 11.8 Å². The number of carbonyl (C=O) groups excluding carboxylic acids is 2. The quantitative estimate of drug-likeness (QED) is 0.725. The number of carbonyl (C=O) groups is 4. The maximum atomic E-state index is 11.1. The van der Waals surface area contributed by atoms with E-state index in [0.29, 0.717) is 23.6 Å². The smallest absolute Gasteiger partial charge is 0.337 e. The van der Waals surface area contributed by atoms with Crippen molar-refractivity contribution in [2.24, 2.45) is 0 Å². The van der Waals surface area contributed by atoms with Gasteiger partial charge in [-0.2, -0.15) is 0 Å². The zero-order valence-electron chi connectivity index (χ0n) is 11.9. The minimum Gasteiger partial charge on any atom is -0.478 e. The number of rotatable bonds is 2. The van der Waals surface area contributed by atoms with Gasteiger partial charge in [0.05, 0.1) is 11.1 Å². The number of aromatic carboxylic acids is 2. The van der Waals surface area contributed by atoms with Crippen molar-refractivity contribution in [3.05, 3.63) is 47.5 Å². The Balaban J connectivity index is 0.000000229. The molecule has 0 spiro atoms. The largest absolute Gasteiger partial charge is 0.478 e. The Labute approximate surface area is 130 Å². The third-order valence-corrected chi connectivity index (χ3v) is 3.23. The Hall–Kier alpha value is -3.22. The molecule has 0 radical (unpaired) electrons. The second-order valence-electron chi connectivity index (χ2n) is 4.79. The molecule has 7 nitrogen and oxygen atoms in total. The highest BCUT2D eigenvalue weighted by Gasteiger charge is 2.18. The van der Waals surface area contributed by atoms with Crippen molar-refractivity contribution in [1.82, 2.24) is 5.32 Å². The fraction of sp³-hybridized carbons (Fsp3) is 0.125. The lowest BCUT2D eigenvalue weighted by molar-refractivity contribution is -0.124. The highest BCUT2D eigenvalue weighted by atomic mass is 16.4. The van der Waals surface area contributed by atoms with Crippen LogP contribution in [0.25, 0.3) is 10.8 Å². The van der Waals surface area contributed by atoms with Crippen molar-refractivity contribution in [2.45, 2.75) is 12.8 Å². The van der Waals surface area contributed by atoms with Crippen LogP contribution in [0.15, 0.2) is 36.4 Å². The summed E-state index contributed by atoms with van der Waals surface area (Å²) in [7, 11) is 0. The fourth-order valence-electron chi connectivity index (χ4n) is 2.19. The summed E-state index contributed by atoms with van der Waals surface area (Å²) in [4.78, 5) is 42.2. The number of nitrogens with one attached hydrogen (secondary N) is 1. The lowest BCUT2D eigenvalue weighted by atomic mass is 9.99. The van der Waals surface area contributed by atoms with Gasteiger partial charge in [-0.15, -0.1) is 0 Å². The number of carboxylic acid groups (broad SMARTS) is 2. The Morgan fingerprint density at radius 1 is 0.870 bits per heavy atom. The van der Waals surface area contributed by atoms with Crippen molar-refractivity contribution in [1.29, 1.82) is 0 Å². The van der Waals surface area contributed by atoms with Crippen molar-refractivity contribution >= 4 is 34.5 Å². The van der Waals surface area contributed by atoms with E-state index in [1.165, 1.54) is 6.07 Å². The van der Waals surface area contributed by atoms with E-state index in [4.69, 9.17) is 10.2 Å². The van der Waals surface area contributed by atoms with Gasteiger partial charge in [-0.3, -0.25) is 14.9 Å². The first kappa shape index (κ1) is 16.2. The van der Waals surface area contributed by atoms with Crippen LogP contribution in [0.3, 0.4) is 0 Å². The van der Waals surface area contributed by atoms with Gasteiger partial charge in [-0.25, -0.2) is 9.59 Å². The van der Waals surface area contributed by atoms with Crippen LogP contribution in [-0.4, -0.2) is 34.0 Å². The van der Waals surface area contributed by atoms with Gasteiger partial charge in [0.25, 0.3) is 0 Å². The molecule has 3 rings (SSSR count). The minimum atomic E-state index is -1.23. The Kier molecular flexibility index (Phi) is 4.70. The fourth-order valence-corrected chi connectivity index (χ4v) is 2.19. The van der Waals surface area contributed by atoms with Crippen molar-refractivity contribution in [3.63, 3.8) is 0 Å². The van der Waals surface area contributed by atoms with E-state index in [1.54, 1.807) is 30.3 Å². The summed E-state index contributed by atoms with van der Waals surface area (Å²) in [6, 6.07) is 9.72. The molecule has 0 saturated carbocycles. The number of carboxylic acids is 2. The van der Waals surface area contributed by atoms with Crippen LogP contribution < -0.4 is 5.32 Å². The lowest BCUT2D eigenvalue weighted by Gasteiger charge is -2.05.